The maximum Gasteiger partial charge on any atom is 0.145 e. The maximum atomic E-state index is 2.30. The molecule has 3 rings (SSSR count). The molecule has 0 aliphatic carbocycles. The van der Waals surface area contributed by atoms with E-state index in [9.17, 15) is 0 Å². The van der Waals surface area contributed by atoms with E-state index in [-0.39, 0.29) is 0 Å². The molecule has 23 heavy (non-hydrogen) atoms. The molecule has 0 atom stereocenters. The Morgan fingerprint density at radius 3 is 1.00 bits per heavy atom. The molecule has 0 N–H and O–H groups in total. The second-order valence-electron chi connectivity index (χ2n) is 6.37. The van der Waals surface area contributed by atoms with Crippen molar-refractivity contribution >= 4 is 17.1 Å². The third kappa shape index (κ3) is 2.58. The summed E-state index contributed by atoms with van der Waals surface area (Å²) in [6, 6.07) is 26.1. The first kappa shape index (κ1) is 15.5. The fourth-order valence-electron chi connectivity index (χ4n) is 3.58. The molecular formula is C22H24N+. The van der Waals surface area contributed by atoms with Gasteiger partial charge in [0.2, 0.25) is 0 Å². The van der Waals surface area contributed by atoms with Gasteiger partial charge in [0, 0.05) is 34.9 Å². The summed E-state index contributed by atoms with van der Waals surface area (Å²) >= 11 is 0. The number of nitrogens with zero attached hydrogens (tertiary/aromatic N) is 1. The highest BCUT2D eigenvalue weighted by molar-refractivity contribution is 5.75. The molecule has 0 saturated heterocycles. The molecule has 0 amide bonds. The lowest BCUT2D eigenvalue weighted by Gasteiger charge is -2.36. The second-order valence-corrected chi connectivity index (χ2v) is 6.37. The van der Waals surface area contributed by atoms with E-state index in [1.807, 2.05) is 0 Å². The smallest absolute Gasteiger partial charge is 0.145 e. The van der Waals surface area contributed by atoms with Gasteiger partial charge in [-0.1, -0.05) is 54.6 Å². The lowest BCUT2D eigenvalue weighted by Crippen LogP contribution is -2.35. The largest absolute Gasteiger partial charge is 0.228 e. The summed E-state index contributed by atoms with van der Waals surface area (Å²) in [6.45, 7) is 6.59. The first-order valence-electron chi connectivity index (χ1n) is 8.10. The van der Waals surface area contributed by atoms with Crippen LogP contribution in [0, 0.1) is 20.8 Å². The van der Waals surface area contributed by atoms with E-state index < -0.39 is 0 Å². The van der Waals surface area contributed by atoms with Crippen molar-refractivity contribution in [3.8, 4) is 0 Å². The molecule has 0 saturated carbocycles. The Hall–Kier alpha value is -2.38. The van der Waals surface area contributed by atoms with Crippen molar-refractivity contribution < 1.29 is 0 Å². The topological polar surface area (TPSA) is 0 Å². The van der Waals surface area contributed by atoms with E-state index in [4.69, 9.17) is 0 Å². The van der Waals surface area contributed by atoms with Crippen LogP contribution in [-0.2, 0) is 0 Å². The lowest BCUT2D eigenvalue weighted by molar-refractivity contribution is 0.616. The summed E-state index contributed by atoms with van der Waals surface area (Å²) in [7, 11) is 2.30. The molecule has 0 aromatic heterocycles. The van der Waals surface area contributed by atoms with Gasteiger partial charge in [-0.25, -0.2) is 4.48 Å². The number of benzene rings is 3. The third-order valence-electron chi connectivity index (χ3n) is 4.79. The number of hydrogen-bond donors (Lipinski definition) is 0. The molecule has 1 heteroatoms. The highest BCUT2D eigenvalue weighted by Crippen LogP contribution is 2.45. The Morgan fingerprint density at radius 1 is 0.478 bits per heavy atom. The molecule has 0 unspecified atom stereocenters. The Morgan fingerprint density at radius 2 is 0.739 bits per heavy atom. The Bertz CT molecular complexity index is 722. The van der Waals surface area contributed by atoms with Gasteiger partial charge in [0.25, 0.3) is 0 Å². The number of hydrogen-bond acceptors (Lipinski definition) is 0. The van der Waals surface area contributed by atoms with Gasteiger partial charge in [0.1, 0.15) is 17.1 Å². The fourth-order valence-corrected chi connectivity index (χ4v) is 3.58. The van der Waals surface area contributed by atoms with Crippen LogP contribution in [0.5, 0.6) is 0 Å². The average Bonchev–Trinajstić information content (AvgIpc) is 2.55. The average molecular weight is 302 g/mol. The quantitative estimate of drug-likeness (QED) is 0.504. The van der Waals surface area contributed by atoms with Gasteiger partial charge < -0.3 is 0 Å². The van der Waals surface area contributed by atoms with Gasteiger partial charge in [0.15, 0.2) is 0 Å². The van der Waals surface area contributed by atoms with Crippen molar-refractivity contribution in [3.05, 3.63) is 89.5 Å². The van der Waals surface area contributed by atoms with E-state index >= 15 is 0 Å². The highest BCUT2D eigenvalue weighted by Gasteiger charge is 2.34. The Labute approximate surface area is 139 Å². The molecule has 1 nitrogen and oxygen atoms in total. The highest BCUT2D eigenvalue weighted by atomic mass is 15.4. The standard InChI is InChI=1S/C22H24N/c1-17-11-5-8-14-20(17)23(4,21-15-9-6-12-18(21)2)22-16-10-7-13-19(22)3/h5-16H,1-4H3/q+1. The second kappa shape index (κ2) is 6.02. The molecule has 116 valence electrons. The summed E-state index contributed by atoms with van der Waals surface area (Å²) < 4.78 is 0.687. The molecule has 0 bridgehead atoms. The normalized spacial score (nSPS) is 11.5. The minimum Gasteiger partial charge on any atom is -0.228 e. The predicted molar refractivity (Wildman–Crippen MR) is 101 cm³/mol. The van der Waals surface area contributed by atoms with Crippen LogP contribution in [0.1, 0.15) is 16.7 Å². The molecular weight excluding hydrogens is 278 g/mol. The zero-order valence-electron chi connectivity index (χ0n) is 14.4. The molecule has 0 radical (unpaired) electrons. The van der Waals surface area contributed by atoms with Crippen molar-refractivity contribution in [1.29, 1.82) is 0 Å². The van der Waals surface area contributed by atoms with Crippen LogP contribution in [0.2, 0.25) is 0 Å². The molecule has 0 aliphatic rings. The summed E-state index contributed by atoms with van der Waals surface area (Å²) in [6.07, 6.45) is 0. The van der Waals surface area contributed by atoms with Crippen LogP contribution < -0.4 is 4.48 Å². The summed E-state index contributed by atoms with van der Waals surface area (Å²) in [5.41, 5.74) is 7.87. The van der Waals surface area contributed by atoms with E-state index in [0.717, 1.165) is 0 Å². The van der Waals surface area contributed by atoms with Crippen molar-refractivity contribution in [2.45, 2.75) is 20.8 Å². The lowest BCUT2D eigenvalue weighted by atomic mass is 10.0. The third-order valence-corrected chi connectivity index (χ3v) is 4.79. The van der Waals surface area contributed by atoms with Crippen LogP contribution >= 0.6 is 0 Å². The Kier molecular flexibility index (Phi) is 4.06. The first-order valence-corrected chi connectivity index (χ1v) is 8.10. The van der Waals surface area contributed by atoms with Gasteiger partial charge in [-0.2, -0.15) is 0 Å². The van der Waals surface area contributed by atoms with Crippen molar-refractivity contribution in [2.75, 3.05) is 7.05 Å². The summed E-state index contributed by atoms with van der Waals surface area (Å²) in [5.74, 6) is 0. The van der Waals surface area contributed by atoms with Crippen LogP contribution in [0.4, 0.5) is 17.1 Å². The van der Waals surface area contributed by atoms with Gasteiger partial charge in [0.05, 0.1) is 7.05 Å². The van der Waals surface area contributed by atoms with Crippen molar-refractivity contribution in [3.63, 3.8) is 0 Å². The van der Waals surface area contributed by atoms with E-state index in [1.165, 1.54) is 33.8 Å². The van der Waals surface area contributed by atoms with Gasteiger partial charge >= 0.3 is 0 Å². The zero-order valence-corrected chi connectivity index (χ0v) is 14.4. The zero-order chi connectivity index (χ0) is 16.4. The van der Waals surface area contributed by atoms with Crippen LogP contribution in [-0.4, -0.2) is 7.05 Å². The first-order chi connectivity index (χ1) is 11.0. The molecule has 0 fully saturated rings. The molecule has 0 spiro atoms. The van der Waals surface area contributed by atoms with Crippen LogP contribution in [0.3, 0.4) is 0 Å². The van der Waals surface area contributed by atoms with E-state index in [1.54, 1.807) is 0 Å². The Balaban J connectivity index is 2.38. The molecule has 0 heterocycles. The molecule has 0 aliphatic heterocycles. The molecule has 3 aromatic carbocycles. The molecule has 3 aromatic rings. The fraction of sp³-hybridized carbons (Fsp3) is 0.182. The minimum atomic E-state index is 0.687. The number of quaternary nitrogens is 1. The van der Waals surface area contributed by atoms with Crippen molar-refractivity contribution in [2.24, 2.45) is 0 Å². The predicted octanol–water partition coefficient (Wildman–Crippen LogP) is 6.21. The van der Waals surface area contributed by atoms with Crippen LogP contribution in [0.25, 0.3) is 0 Å². The van der Waals surface area contributed by atoms with Crippen LogP contribution in [0.15, 0.2) is 72.8 Å². The summed E-state index contributed by atoms with van der Waals surface area (Å²) in [5, 5.41) is 0. The van der Waals surface area contributed by atoms with E-state index in [2.05, 4.69) is 101 Å². The number of aryl methyl sites for hydroxylation is 3. The van der Waals surface area contributed by atoms with Gasteiger partial charge in [-0.3, -0.25) is 0 Å². The maximum absolute atomic E-state index is 2.30. The van der Waals surface area contributed by atoms with Crippen molar-refractivity contribution in [1.82, 2.24) is 4.48 Å². The van der Waals surface area contributed by atoms with Gasteiger partial charge in [-0.05, 0) is 20.8 Å². The van der Waals surface area contributed by atoms with E-state index in [0.29, 0.717) is 4.48 Å². The minimum absolute atomic E-state index is 0.687. The summed E-state index contributed by atoms with van der Waals surface area (Å²) in [4.78, 5) is 0. The monoisotopic (exact) mass is 302 g/mol. The number of para-hydroxylation sites is 3. The SMILES string of the molecule is Cc1ccccc1[N+](C)(c1ccccc1C)c1ccccc1C. The number of rotatable bonds is 3. The van der Waals surface area contributed by atoms with Gasteiger partial charge in [-0.15, -0.1) is 0 Å².